The maximum atomic E-state index is 12.7. The largest absolute Gasteiger partial charge is 0.392 e. The fraction of sp³-hybridized carbons (Fsp3) is 0.692. The molecule has 0 saturated heterocycles. The fourth-order valence-electron chi connectivity index (χ4n) is 2.69. The van der Waals surface area contributed by atoms with Crippen LogP contribution in [0.1, 0.15) is 31.2 Å². The van der Waals surface area contributed by atoms with Crippen molar-refractivity contribution in [3.05, 3.63) is 22.4 Å². The first-order valence-corrected chi connectivity index (χ1v) is 7.17. The zero-order valence-electron chi connectivity index (χ0n) is 9.99. The molecule has 1 N–H and O–H groups in total. The quantitative estimate of drug-likeness (QED) is 0.885. The lowest BCUT2D eigenvalue weighted by Gasteiger charge is -2.33. The van der Waals surface area contributed by atoms with Gasteiger partial charge < -0.3 is 5.11 Å². The van der Waals surface area contributed by atoms with E-state index in [1.54, 1.807) is 11.3 Å². The van der Waals surface area contributed by atoms with Crippen LogP contribution in [0.25, 0.3) is 0 Å². The van der Waals surface area contributed by atoms with Crippen molar-refractivity contribution in [2.24, 2.45) is 11.8 Å². The number of alkyl halides is 3. The molecule has 3 atom stereocenters. The molecule has 18 heavy (non-hydrogen) atoms. The van der Waals surface area contributed by atoms with E-state index in [1.807, 2.05) is 16.8 Å². The summed E-state index contributed by atoms with van der Waals surface area (Å²) in [7, 11) is 0. The van der Waals surface area contributed by atoms with E-state index < -0.39 is 18.2 Å². The first-order valence-electron chi connectivity index (χ1n) is 6.22. The molecule has 1 fully saturated rings. The third-order valence-electron chi connectivity index (χ3n) is 3.75. The molecule has 1 saturated carbocycles. The van der Waals surface area contributed by atoms with Gasteiger partial charge in [0, 0.05) is 0 Å². The molecule has 0 aliphatic heterocycles. The van der Waals surface area contributed by atoms with Crippen molar-refractivity contribution < 1.29 is 18.3 Å². The summed E-state index contributed by atoms with van der Waals surface area (Å²) in [6.45, 7) is 0. The van der Waals surface area contributed by atoms with Gasteiger partial charge in [-0.1, -0.05) is 6.42 Å². The lowest BCUT2D eigenvalue weighted by Crippen LogP contribution is -2.34. The number of hydrogen-bond acceptors (Lipinski definition) is 2. The van der Waals surface area contributed by atoms with E-state index in [9.17, 15) is 18.3 Å². The normalized spacial score (nSPS) is 27.1. The second-order valence-electron chi connectivity index (χ2n) is 5.07. The summed E-state index contributed by atoms with van der Waals surface area (Å²) in [6, 6.07) is 1.91. The van der Waals surface area contributed by atoms with E-state index in [0.717, 1.165) is 5.56 Å². The van der Waals surface area contributed by atoms with E-state index in [0.29, 0.717) is 19.3 Å². The topological polar surface area (TPSA) is 20.2 Å². The minimum absolute atomic E-state index is 0.0782. The molecule has 5 heteroatoms. The van der Waals surface area contributed by atoms with Crippen LogP contribution in [0.4, 0.5) is 13.2 Å². The van der Waals surface area contributed by atoms with Crippen molar-refractivity contribution in [3.8, 4) is 0 Å². The van der Waals surface area contributed by atoms with Crippen molar-refractivity contribution in [2.75, 3.05) is 0 Å². The Morgan fingerprint density at radius 1 is 1.39 bits per heavy atom. The van der Waals surface area contributed by atoms with Crippen molar-refractivity contribution in [1.82, 2.24) is 0 Å². The van der Waals surface area contributed by atoms with Gasteiger partial charge in [-0.25, -0.2) is 0 Å². The molecule has 1 aliphatic carbocycles. The van der Waals surface area contributed by atoms with Crippen LogP contribution in [-0.4, -0.2) is 17.4 Å². The Kier molecular flexibility index (Phi) is 4.33. The number of rotatable bonds is 3. The molecule has 0 radical (unpaired) electrons. The molecule has 1 heterocycles. The van der Waals surface area contributed by atoms with Gasteiger partial charge in [0.2, 0.25) is 0 Å². The molecule has 2 rings (SSSR count). The molecular formula is C13H17F3OS. The second kappa shape index (κ2) is 5.61. The molecule has 1 aromatic heterocycles. The Bertz CT molecular complexity index is 361. The molecule has 1 aliphatic rings. The van der Waals surface area contributed by atoms with Crippen LogP contribution < -0.4 is 0 Å². The molecule has 3 unspecified atom stereocenters. The highest BCUT2D eigenvalue weighted by atomic mass is 32.1. The van der Waals surface area contributed by atoms with Gasteiger partial charge in [-0.05, 0) is 54.0 Å². The van der Waals surface area contributed by atoms with Crippen LogP contribution in [-0.2, 0) is 6.42 Å². The molecule has 1 nitrogen and oxygen atoms in total. The van der Waals surface area contributed by atoms with E-state index >= 15 is 0 Å². The maximum Gasteiger partial charge on any atom is 0.391 e. The van der Waals surface area contributed by atoms with E-state index in [4.69, 9.17) is 0 Å². The molecule has 0 amide bonds. The highest BCUT2D eigenvalue weighted by molar-refractivity contribution is 7.07. The van der Waals surface area contributed by atoms with Crippen LogP contribution in [0.3, 0.4) is 0 Å². The summed E-state index contributed by atoms with van der Waals surface area (Å²) in [4.78, 5) is 0. The number of aliphatic hydroxyl groups is 1. The van der Waals surface area contributed by atoms with E-state index in [-0.39, 0.29) is 18.8 Å². The van der Waals surface area contributed by atoms with Crippen LogP contribution in [0.5, 0.6) is 0 Å². The van der Waals surface area contributed by atoms with Gasteiger partial charge in [0.05, 0.1) is 12.0 Å². The van der Waals surface area contributed by atoms with Crippen LogP contribution in [0.2, 0.25) is 0 Å². The molecular weight excluding hydrogens is 261 g/mol. The smallest absolute Gasteiger partial charge is 0.391 e. The summed E-state index contributed by atoms with van der Waals surface area (Å²) < 4.78 is 38.0. The number of hydrogen-bond donors (Lipinski definition) is 1. The Labute approximate surface area is 109 Å². The Hall–Kier alpha value is -0.550. The standard InChI is InChI=1S/C13H17F3OS/c14-13(15,16)11-3-1-2-10(7-11)12(17)6-9-4-5-18-8-9/h4-5,8,10-12,17H,1-3,6-7H2. The Morgan fingerprint density at radius 2 is 2.17 bits per heavy atom. The number of thiophene rings is 1. The average Bonchev–Trinajstić information content (AvgIpc) is 2.81. The van der Waals surface area contributed by atoms with Crippen LogP contribution in [0.15, 0.2) is 16.8 Å². The highest BCUT2D eigenvalue weighted by Crippen LogP contribution is 2.41. The van der Waals surface area contributed by atoms with Gasteiger partial charge in [0.15, 0.2) is 0 Å². The Balaban J connectivity index is 1.92. The van der Waals surface area contributed by atoms with Crippen molar-refractivity contribution in [1.29, 1.82) is 0 Å². The second-order valence-corrected chi connectivity index (χ2v) is 5.85. The molecule has 0 bridgehead atoms. The van der Waals surface area contributed by atoms with Crippen LogP contribution in [0, 0.1) is 11.8 Å². The van der Waals surface area contributed by atoms with Gasteiger partial charge in [0.1, 0.15) is 0 Å². The summed E-state index contributed by atoms with van der Waals surface area (Å²) in [5.41, 5.74) is 1.02. The third-order valence-corrected chi connectivity index (χ3v) is 4.48. The predicted octanol–water partition coefficient (Wildman–Crippen LogP) is 4.02. The van der Waals surface area contributed by atoms with Gasteiger partial charge in [0.25, 0.3) is 0 Å². The minimum atomic E-state index is -4.11. The zero-order chi connectivity index (χ0) is 13.2. The average molecular weight is 278 g/mol. The summed E-state index contributed by atoms with van der Waals surface area (Å²) >= 11 is 1.54. The number of aliphatic hydroxyl groups excluding tert-OH is 1. The summed E-state index contributed by atoms with van der Waals surface area (Å²) in [5, 5.41) is 13.9. The van der Waals surface area contributed by atoms with E-state index in [2.05, 4.69) is 0 Å². The molecule has 0 spiro atoms. The van der Waals surface area contributed by atoms with Gasteiger partial charge in [-0.2, -0.15) is 24.5 Å². The summed E-state index contributed by atoms with van der Waals surface area (Å²) in [5.74, 6) is -1.45. The van der Waals surface area contributed by atoms with E-state index in [1.165, 1.54) is 0 Å². The minimum Gasteiger partial charge on any atom is -0.392 e. The van der Waals surface area contributed by atoms with Gasteiger partial charge >= 0.3 is 6.18 Å². The zero-order valence-corrected chi connectivity index (χ0v) is 10.8. The molecule has 102 valence electrons. The third kappa shape index (κ3) is 3.48. The predicted molar refractivity (Wildman–Crippen MR) is 65.5 cm³/mol. The van der Waals surface area contributed by atoms with Gasteiger partial charge in [-0.3, -0.25) is 0 Å². The number of halogens is 3. The molecule has 1 aromatic rings. The summed E-state index contributed by atoms with van der Waals surface area (Å²) in [6.07, 6.45) is -2.72. The van der Waals surface area contributed by atoms with Gasteiger partial charge in [-0.15, -0.1) is 0 Å². The lowest BCUT2D eigenvalue weighted by molar-refractivity contribution is -0.188. The van der Waals surface area contributed by atoms with Crippen molar-refractivity contribution >= 4 is 11.3 Å². The molecule has 0 aromatic carbocycles. The SMILES string of the molecule is OC(Cc1ccsc1)C1CCCC(C(F)(F)F)C1. The van der Waals surface area contributed by atoms with Crippen LogP contribution >= 0.6 is 11.3 Å². The maximum absolute atomic E-state index is 12.7. The monoisotopic (exact) mass is 278 g/mol. The first-order chi connectivity index (χ1) is 8.47. The fourth-order valence-corrected chi connectivity index (χ4v) is 3.37. The van der Waals surface area contributed by atoms with Crippen molar-refractivity contribution in [3.63, 3.8) is 0 Å². The Morgan fingerprint density at radius 3 is 2.78 bits per heavy atom. The lowest BCUT2D eigenvalue weighted by atomic mass is 9.77. The first kappa shape index (κ1) is 13.9. The van der Waals surface area contributed by atoms with Crippen molar-refractivity contribution in [2.45, 2.75) is 44.4 Å². The highest BCUT2D eigenvalue weighted by Gasteiger charge is 2.43.